The topological polar surface area (TPSA) is 146 Å². The summed E-state index contributed by atoms with van der Waals surface area (Å²) in [6.45, 7) is 0.766. The fraction of sp³-hybridized carbons (Fsp3) is 0.235. The van der Waals surface area contributed by atoms with Crippen molar-refractivity contribution in [3.05, 3.63) is 59.7 Å². The molecule has 12 heteroatoms. The normalized spacial score (nSPS) is 11.3. The highest BCUT2D eigenvalue weighted by Crippen LogP contribution is 2.30. The van der Waals surface area contributed by atoms with Gasteiger partial charge in [-0.1, -0.05) is 12.1 Å². The zero-order valence-corrected chi connectivity index (χ0v) is 16.4. The number of anilines is 2. The van der Waals surface area contributed by atoms with E-state index in [4.69, 9.17) is 17.0 Å². The third-order valence-electron chi connectivity index (χ3n) is 3.34. The molecule has 0 fully saturated rings. The predicted molar refractivity (Wildman–Crippen MR) is 111 cm³/mol. The number of amidine groups is 1. The molecule has 0 radical (unpaired) electrons. The van der Waals surface area contributed by atoms with Gasteiger partial charge in [0, 0.05) is 32.9 Å². The fourth-order valence-corrected chi connectivity index (χ4v) is 2.51. The Morgan fingerprint density at radius 1 is 1.10 bits per heavy atom. The lowest BCUT2D eigenvalue weighted by molar-refractivity contribution is -0.137. The summed E-state index contributed by atoms with van der Waals surface area (Å²) >= 11 is 0. The van der Waals surface area contributed by atoms with Crippen molar-refractivity contribution < 1.29 is 24.4 Å². The third kappa shape index (κ3) is 9.38. The Morgan fingerprint density at radius 3 is 2.17 bits per heavy atom. The van der Waals surface area contributed by atoms with Gasteiger partial charge in [0.15, 0.2) is 0 Å². The highest BCUT2D eigenvalue weighted by molar-refractivity contribution is 7.88. The van der Waals surface area contributed by atoms with Gasteiger partial charge in [0.25, 0.3) is 0 Å². The molecular weight excluding hydrogens is 409 g/mol. The zero-order valence-electron chi connectivity index (χ0n) is 15.5. The highest BCUT2D eigenvalue weighted by Gasteiger charge is 2.29. The Hall–Kier alpha value is -2.67. The number of alkyl halides is 3. The molecule has 8 nitrogen and oxygen atoms in total. The van der Waals surface area contributed by atoms with E-state index < -0.39 is 21.8 Å². The molecule has 0 aromatic heterocycles. The van der Waals surface area contributed by atoms with Crippen LogP contribution in [0, 0.1) is 5.41 Å². The molecule has 0 saturated heterocycles. The minimum Gasteiger partial charge on any atom is -0.384 e. The smallest absolute Gasteiger partial charge is 0.384 e. The second-order valence-corrected chi connectivity index (χ2v) is 7.61. The Bertz CT molecular complexity index is 913. The molecule has 0 saturated carbocycles. The van der Waals surface area contributed by atoms with Crippen LogP contribution >= 0.6 is 0 Å². The maximum Gasteiger partial charge on any atom is 0.416 e. The molecule has 2 rings (SSSR count). The second-order valence-electron chi connectivity index (χ2n) is 5.78. The first kappa shape index (κ1) is 24.4. The number of nitrogens with one attached hydrogen (secondary N) is 4. The maximum absolute atomic E-state index is 12.5. The van der Waals surface area contributed by atoms with Gasteiger partial charge in [0.2, 0.25) is 10.0 Å². The SMILES string of the molecule is CS(=O)(=O)NCCNN.N=C(N)c1ccccc1Nc1ccc(C(F)(F)F)cc1.[HH].[HH]. The molecule has 0 amide bonds. The number of hydrazine groups is 1. The summed E-state index contributed by atoms with van der Waals surface area (Å²) in [7, 11) is -3.04. The Balaban J connectivity index is 0. The van der Waals surface area contributed by atoms with Crippen molar-refractivity contribution in [3.8, 4) is 0 Å². The van der Waals surface area contributed by atoms with E-state index in [9.17, 15) is 21.6 Å². The molecule has 0 bridgehead atoms. The summed E-state index contributed by atoms with van der Waals surface area (Å²) < 4.78 is 60.3. The van der Waals surface area contributed by atoms with Crippen LogP contribution in [0.4, 0.5) is 24.5 Å². The standard InChI is InChI=1S/C14H12F3N3.C3H11N3O2S.2H2/c15-14(16,17)9-5-7-10(8-6-9)20-12-4-2-1-3-11(12)13(18)19;1-9(7,8)6-3-2-5-4;;/h1-8,20H,(H3,18,19);5-6H,2-4H2,1H3;2*1H. The van der Waals surface area contributed by atoms with Gasteiger partial charge in [0.1, 0.15) is 5.84 Å². The summed E-state index contributed by atoms with van der Waals surface area (Å²) in [6, 6.07) is 11.5. The first-order valence-corrected chi connectivity index (χ1v) is 10.1. The molecule has 2 aromatic rings. The van der Waals surface area contributed by atoms with E-state index in [1.54, 1.807) is 24.3 Å². The summed E-state index contributed by atoms with van der Waals surface area (Å²) in [5.74, 6) is 4.76. The van der Waals surface area contributed by atoms with Gasteiger partial charge >= 0.3 is 6.18 Å². The van der Waals surface area contributed by atoms with Crippen LogP contribution in [0.25, 0.3) is 0 Å². The van der Waals surface area contributed by atoms with Crippen molar-refractivity contribution in [2.75, 3.05) is 24.7 Å². The average Bonchev–Trinajstić information content (AvgIpc) is 2.61. The van der Waals surface area contributed by atoms with Gasteiger partial charge in [-0.15, -0.1) is 0 Å². The van der Waals surface area contributed by atoms with Crippen LogP contribution in [0.15, 0.2) is 48.5 Å². The average molecular weight is 437 g/mol. The molecule has 0 spiro atoms. The summed E-state index contributed by atoms with van der Waals surface area (Å²) in [5.41, 5.74) is 8.61. The first-order chi connectivity index (χ1) is 13.4. The zero-order chi connectivity index (χ0) is 22.1. The van der Waals surface area contributed by atoms with Crippen LogP contribution in [-0.2, 0) is 16.2 Å². The lowest BCUT2D eigenvalue weighted by atomic mass is 10.1. The fourth-order valence-electron chi connectivity index (χ4n) is 2.03. The third-order valence-corrected chi connectivity index (χ3v) is 4.07. The summed E-state index contributed by atoms with van der Waals surface area (Å²) in [5, 5.41) is 10.4. The minimum absolute atomic E-state index is 0. The molecule has 0 heterocycles. The molecule has 0 atom stereocenters. The van der Waals surface area contributed by atoms with Crippen molar-refractivity contribution >= 4 is 27.2 Å². The number of halogens is 3. The van der Waals surface area contributed by atoms with Crippen molar-refractivity contribution in [3.63, 3.8) is 0 Å². The molecule has 2 aromatic carbocycles. The van der Waals surface area contributed by atoms with E-state index in [1.807, 2.05) is 0 Å². The minimum atomic E-state index is -4.35. The van der Waals surface area contributed by atoms with Gasteiger partial charge < -0.3 is 11.1 Å². The van der Waals surface area contributed by atoms with Crippen LogP contribution in [-0.4, -0.2) is 33.6 Å². The second kappa shape index (κ2) is 10.8. The van der Waals surface area contributed by atoms with Crippen LogP contribution in [0.1, 0.15) is 14.0 Å². The monoisotopic (exact) mass is 436 g/mol. The highest BCUT2D eigenvalue weighted by atomic mass is 32.2. The summed E-state index contributed by atoms with van der Waals surface area (Å²) in [4.78, 5) is 0. The van der Waals surface area contributed by atoms with Crippen LogP contribution in [0.5, 0.6) is 0 Å². The van der Waals surface area contributed by atoms with E-state index in [1.165, 1.54) is 12.1 Å². The van der Waals surface area contributed by atoms with E-state index in [2.05, 4.69) is 15.5 Å². The lowest BCUT2D eigenvalue weighted by Crippen LogP contribution is -2.34. The first-order valence-electron chi connectivity index (χ1n) is 8.20. The number of hydrogen-bond acceptors (Lipinski definition) is 6. The van der Waals surface area contributed by atoms with E-state index in [0.717, 1.165) is 18.4 Å². The van der Waals surface area contributed by atoms with Gasteiger partial charge in [-0.3, -0.25) is 16.7 Å². The van der Waals surface area contributed by atoms with Crippen molar-refractivity contribution in [1.82, 2.24) is 10.1 Å². The van der Waals surface area contributed by atoms with Gasteiger partial charge in [0.05, 0.1) is 11.8 Å². The van der Waals surface area contributed by atoms with E-state index >= 15 is 0 Å². The number of rotatable bonds is 7. The number of nitrogen functional groups attached to an aromatic ring is 1. The van der Waals surface area contributed by atoms with E-state index in [0.29, 0.717) is 30.0 Å². The molecule has 0 unspecified atom stereocenters. The quantitative estimate of drug-likeness (QED) is 0.129. The van der Waals surface area contributed by atoms with Gasteiger partial charge in [-0.25, -0.2) is 13.1 Å². The van der Waals surface area contributed by atoms with Crippen molar-refractivity contribution in [2.24, 2.45) is 11.6 Å². The maximum atomic E-state index is 12.5. The predicted octanol–water partition coefficient (Wildman–Crippen LogP) is 2.22. The van der Waals surface area contributed by atoms with Gasteiger partial charge in [-0.05, 0) is 36.4 Å². The molecule has 8 N–H and O–H groups in total. The molecule has 29 heavy (non-hydrogen) atoms. The number of benzene rings is 2. The molecule has 0 aliphatic carbocycles. The van der Waals surface area contributed by atoms with Gasteiger partial charge in [-0.2, -0.15) is 13.2 Å². The van der Waals surface area contributed by atoms with E-state index in [-0.39, 0.29) is 8.69 Å². The summed E-state index contributed by atoms with van der Waals surface area (Å²) in [6.07, 6.45) is -3.25. The number of hydrogen-bond donors (Lipinski definition) is 6. The molecular formula is C17H27F3N6O2S. The van der Waals surface area contributed by atoms with Crippen molar-refractivity contribution in [1.29, 1.82) is 5.41 Å². The molecule has 164 valence electrons. The Labute approximate surface area is 170 Å². The molecule has 0 aliphatic heterocycles. The number of nitrogens with two attached hydrogens (primary N) is 2. The molecule has 0 aliphatic rings. The van der Waals surface area contributed by atoms with Crippen LogP contribution < -0.4 is 27.0 Å². The number of para-hydroxylation sites is 1. The lowest BCUT2D eigenvalue weighted by Gasteiger charge is -2.12. The largest absolute Gasteiger partial charge is 0.416 e. The van der Waals surface area contributed by atoms with Crippen molar-refractivity contribution in [2.45, 2.75) is 6.18 Å². The Kier molecular flexibility index (Phi) is 9.04. The van der Waals surface area contributed by atoms with Crippen LogP contribution in [0.3, 0.4) is 0 Å². The number of sulfonamides is 1. The van der Waals surface area contributed by atoms with Crippen LogP contribution in [0.2, 0.25) is 0 Å². The Morgan fingerprint density at radius 2 is 1.69 bits per heavy atom.